The lowest BCUT2D eigenvalue weighted by molar-refractivity contribution is 0.177. The van der Waals surface area contributed by atoms with Crippen molar-refractivity contribution in [3.63, 3.8) is 0 Å². The minimum atomic E-state index is -3.86. The zero-order valence-corrected chi connectivity index (χ0v) is 14.4. The zero-order valence-electron chi connectivity index (χ0n) is 12.9. The summed E-state index contributed by atoms with van der Waals surface area (Å²) in [6.45, 7) is 0.930. The molecule has 3 rings (SSSR count). The molecule has 0 aliphatic carbocycles. The summed E-state index contributed by atoms with van der Waals surface area (Å²) in [4.78, 5) is 4.25. The molecule has 0 saturated carbocycles. The molecule has 1 N–H and O–H groups in total. The second-order valence-electron chi connectivity index (χ2n) is 5.43. The highest BCUT2D eigenvalue weighted by atomic mass is 35.5. The van der Waals surface area contributed by atoms with Crippen molar-refractivity contribution in [2.24, 2.45) is 0 Å². The van der Waals surface area contributed by atoms with Gasteiger partial charge in [-0.25, -0.2) is 27.2 Å². The molecule has 0 fully saturated rings. The third-order valence-corrected chi connectivity index (χ3v) is 5.45. The molecule has 10 heteroatoms. The molecule has 0 radical (unpaired) electrons. The molecule has 1 aliphatic rings. The van der Waals surface area contributed by atoms with Crippen LogP contribution in [0.1, 0.15) is 30.5 Å². The standard InChI is InChI=1S/C14H16ClFN4O3S/c1-23-8-13-17-14-12(3-2-6-20(14)18-13)19-24(21,22)9-4-5-11(16)10(15)7-9/h4-5,7,12,19H,2-3,6,8H2,1H3/t12-/m0/s1. The maximum Gasteiger partial charge on any atom is 0.241 e. The summed E-state index contributed by atoms with van der Waals surface area (Å²) >= 11 is 5.67. The van der Waals surface area contributed by atoms with Crippen LogP contribution in [0.25, 0.3) is 0 Å². The topological polar surface area (TPSA) is 86.1 Å². The number of benzene rings is 1. The van der Waals surface area contributed by atoms with Crippen LogP contribution in [0.4, 0.5) is 4.39 Å². The van der Waals surface area contributed by atoms with Gasteiger partial charge in [-0.05, 0) is 31.0 Å². The number of hydrogen-bond donors (Lipinski definition) is 1. The van der Waals surface area contributed by atoms with Crippen molar-refractivity contribution in [2.45, 2.75) is 36.9 Å². The van der Waals surface area contributed by atoms with E-state index in [0.29, 0.717) is 24.6 Å². The van der Waals surface area contributed by atoms with Gasteiger partial charge in [-0.1, -0.05) is 11.6 Å². The number of aryl methyl sites for hydroxylation is 1. The van der Waals surface area contributed by atoms with Gasteiger partial charge >= 0.3 is 0 Å². The van der Waals surface area contributed by atoms with Gasteiger partial charge in [-0.3, -0.25) is 0 Å². The van der Waals surface area contributed by atoms with Crippen LogP contribution in [0.3, 0.4) is 0 Å². The number of fused-ring (bicyclic) bond motifs is 1. The number of nitrogens with zero attached hydrogens (tertiary/aromatic N) is 3. The first-order valence-corrected chi connectivity index (χ1v) is 9.17. The molecule has 24 heavy (non-hydrogen) atoms. The van der Waals surface area contributed by atoms with Gasteiger partial charge < -0.3 is 4.74 Å². The van der Waals surface area contributed by atoms with E-state index in [2.05, 4.69) is 14.8 Å². The molecule has 0 saturated heterocycles. The Hall–Kier alpha value is -1.55. The summed E-state index contributed by atoms with van der Waals surface area (Å²) in [5.74, 6) is 0.380. The molecule has 1 aromatic heterocycles. The van der Waals surface area contributed by atoms with Crippen LogP contribution in [-0.4, -0.2) is 30.3 Å². The highest BCUT2D eigenvalue weighted by Gasteiger charge is 2.29. The third kappa shape index (κ3) is 3.44. The van der Waals surface area contributed by atoms with Crippen molar-refractivity contribution in [2.75, 3.05) is 7.11 Å². The van der Waals surface area contributed by atoms with Gasteiger partial charge in [-0.15, -0.1) is 0 Å². The molecular weight excluding hydrogens is 359 g/mol. The second-order valence-corrected chi connectivity index (χ2v) is 7.56. The highest BCUT2D eigenvalue weighted by molar-refractivity contribution is 7.89. The summed E-state index contributed by atoms with van der Waals surface area (Å²) in [6, 6.07) is 2.78. The van der Waals surface area contributed by atoms with Crippen LogP contribution in [0.15, 0.2) is 23.1 Å². The lowest BCUT2D eigenvalue weighted by atomic mass is 10.1. The summed E-state index contributed by atoms with van der Waals surface area (Å²) in [5.41, 5.74) is 0. The summed E-state index contributed by atoms with van der Waals surface area (Å²) in [6.07, 6.45) is 1.36. The molecule has 0 spiro atoms. The van der Waals surface area contributed by atoms with E-state index in [4.69, 9.17) is 16.3 Å². The normalized spacial score (nSPS) is 17.7. The highest BCUT2D eigenvalue weighted by Crippen LogP contribution is 2.26. The van der Waals surface area contributed by atoms with Crippen molar-refractivity contribution in [3.8, 4) is 0 Å². The summed E-state index contributed by atoms with van der Waals surface area (Å²) in [7, 11) is -2.32. The number of rotatable bonds is 5. The molecule has 130 valence electrons. The van der Waals surface area contributed by atoms with E-state index in [0.717, 1.165) is 18.6 Å². The molecule has 7 nitrogen and oxygen atoms in total. The Bertz CT molecular complexity index is 856. The van der Waals surface area contributed by atoms with Gasteiger partial charge in [0, 0.05) is 13.7 Å². The number of halogens is 2. The number of methoxy groups -OCH3 is 1. The smallest absolute Gasteiger partial charge is 0.241 e. The van der Waals surface area contributed by atoms with Gasteiger partial charge in [0.1, 0.15) is 18.2 Å². The Morgan fingerprint density at radius 3 is 3.00 bits per heavy atom. The number of aromatic nitrogens is 3. The zero-order chi connectivity index (χ0) is 17.3. The molecule has 1 aliphatic heterocycles. The Labute approximate surface area is 143 Å². The minimum Gasteiger partial charge on any atom is -0.377 e. The molecule has 2 aromatic rings. The van der Waals surface area contributed by atoms with E-state index in [9.17, 15) is 12.8 Å². The molecule has 2 heterocycles. The van der Waals surface area contributed by atoms with E-state index in [1.165, 1.54) is 6.07 Å². The lowest BCUT2D eigenvalue weighted by Crippen LogP contribution is -2.33. The first-order valence-electron chi connectivity index (χ1n) is 7.30. The molecule has 1 atom stereocenters. The maximum atomic E-state index is 13.2. The van der Waals surface area contributed by atoms with Crippen LogP contribution in [0.2, 0.25) is 5.02 Å². The van der Waals surface area contributed by atoms with Gasteiger partial charge in [0.25, 0.3) is 0 Å². The predicted octanol–water partition coefficient (Wildman–Crippen LogP) is 2.03. The summed E-state index contributed by atoms with van der Waals surface area (Å²) < 4.78 is 47.6. The predicted molar refractivity (Wildman–Crippen MR) is 84.4 cm³/mol. The van der Waals surface area contributed by atoms with E-state index in [1.54, 1.807) is 11.8 Å². The monoisotopic (exact) mass is 374 g/mol. The Morgan fingerprint density at radius 1 is 1.50 bits per heavy atom. The number of ether oxygens (including phenoxy) is 1. The number of nitrogens with one attached hydrogen (secondary N) is 1. The van der Waals surface area contributed by atoms with Crippen LogP contribution >= 0.6 is 11.6 Å². The Kier molecular flexibility index (Phi) is 4.86. The van der Waals surface area contributed by atoms with E-state index < -0.39 is 21.9 Å². The van der Waals surface area contributed by atoms with Crippen molar-refractivity contribution < 1.29 is 17.5 Å². The van der Waals surface area contributed by atoms with Crippen LogP contribution in [0, 0.1) is 5.82 Å². The number of sulfonamides is 1. The maximum absolute atomic E-state index is 13.2. The first kappa shape index (κ1) is 17.3. The van der Waals surface area contributed by atoms with Crippen molar-refractivity contribution >= 4 is 21.6 Å². The second kappa shape index (κ2) is 6.75. The van der Waals surface area contributed by atoms with Crippen LogP contribution in [0.5, 0.6) is 0 Å². The van der Waals surface area contributed by atoms with Gasteiger partial charge in [0.2, 0.25) is 10.0 Å². The van der Waals surface area contributed by atoms with E-state index in [-0.39, 0.29) is 16.5 Å². The fraction of sp³-hybridized carbons (Fsp3) is 0.429. The Balaban J connectivity index is 1.87. The van der Waals surface area contributed by atoms with E-state index >= 15 is 0 Å². The lowest BCUT2D eigenvalue weighted by Gasteiger charge is -2.23. The Morgan fingerprint density at radius 2 is 2.29 bits per heavy atom. The van der Waals surface area contributed by atoms with E-state index in [1.807, 2.05) is 0 Å². The van der Waals surface area contributed by atoms with Crippen molar-refractivity contribution in [3.05, 3.63) is 40.7 Å². The molecule has 0 amide bonds. The van der Waals surface area contributed by atoms with Gasteiger partial charge in [0.05, 0.1) is 16.0 Å². The molecule has 0 bridgehead atoms. The van der Waals surface area contributed by atoms with Gasteiger partial charge in [-0.2, -0.15) is 5.10 Å². The summed E-state index contributed by atoms with van der Waals surface area (Å²) in [5, 5.41) is 4.05. The van der Waals surface area contributed by atoms with Crippen LogP contribution in [-0.2, 0) is 27.9 Å². The quantitative estimate of drug-likeness (QED) is 0.865. The minimum absolute atomic E-state index is 0.0948. The fourth-order valence-electron chi connectivity index (χ4n) is 2.60. The fourth-order valence-corrected chi connectivity index (χ4v) is 4.10. The molecular formula is C14H16ClFN4O3S. The first-order chi connectivity index (χ1) is 11.4. The average molecular weight is 375 g/mol. The van der Waals surface area contributed by atoms with Crippen molar-refractivity contribution in [1.29, 1.82) is 0 Å². The van der Waals surface area contributed by atoms with Gasteiger partial charge in [0.15, 0.2) is 5.82 Å². The van der Waals surface area contributed by atoms with Crippen molar-refractivity contribution in [1.82, 2.24) is 19.5 Å². The average Bonchev–Trinajstić information content (AvgIpc) is 2.94. The SMILES string of the molecule is COCc1nc2n(n1)CCC[C@@H]2NS(=O)(=O)c1ccc(F)c(Cl)c1. The molecule has 0 unspecified atom stereocenters. The van der Waals surface area contributed by atoms with Crippen LogP contribution < -0.4 is 4.72 Å². The number of hydrogen-bond acceptors (Lipinski definition) is 5. The largest absolute Gasteiger partial charge is 0.377 e. The molecule has 1 aromatic carbocycles. The third-order valence-electron chi connectivity index (χ3n) is 3.69.